The molecule has 0 aliphatic carbocycles. The molecule has 0 N–H and O–H groups in total. The standard InChI is InChI=1S/C21H23N3O2S/c1-23(2)16-9-7-15(8-10-16)20(25)24-13-11-17(12-14-24)26-21-22-18-5-3-4-6-19(18)27-21/h3-10,17H,11-14H2,1-2H3. The number of aromatic nitrogens is 1. The molecular formula is C21H23N3O2S. The summed E-state index contributed by atoms with van der Waals surface area (Å²) in [5.74, 6) is 0.0961. The number of anilines is 1. The van der Waals surface area contributed by atoms with E-state index in [-0.39, 0.29) is 12.0 Å². The molecule has 0 unspecified atom stereocenters. The molecule has 5 nitrogen and oxygen atoms in total. The lowest BCUT2D eigenvalue weighted by atomic mass is 10.1. The highest BCUT2D eigenvalue weighted by Crippen LogP contribution is 2.29. The summed E-state index contributed by atoms with van der Waals surface area (Å²) in [5.41, 5.74) is 2.81. The number of piperidine rings is 1. The predicted molar refractivity (Wildman–Crippen MR) is 110 cm³/mol. The van der Waals surface area contributed by atoms with Crippen molar-refractivity contribution in [2.45, 2.75) is 18.9 Å². The van der Waals surface area contributed by atoms with Crippen LogP contribution >= 0.6 is 11.3 Å². The lowest BCUT2D eigenvalue weighted by molar-refractivity contribution is 0.0595. The van der Waals surface area contributed by atoms with Gasteiger partial charge in [-0.05, 0) is 36.4 Å². The quantitative estimate of drug-likeness (QED) is 0.684. The van der Waals surface area contributed by atoms with Crippen molar-refractivity contribution in [3.05, 3.63) is 54.1 Å². The molecule has 2 aromatic carbocycles. The Kier molecular flexibility index (Phi) is 4.99. The van der Waals surface area contributed by atoms with Crippen molar-refractivity contribution in [2.24, 2.45) is 0 Å². The van der Waals surface area contributed by atoms with Crippen LogP contribution in [0.3, 0.4) is 0 Å². The van der Waals surface area contributed by atoms with Crippen LogP contribution in [0.1, 0.15) is 23.2 Å². The molecule has 0 radical (unpaired) electrons. The normalized spacial score (nSPS) is 15.1. The number of amides is 1. The highest BCUT2D eigenvalue weighted by Gasteiger charge is 2.25. The molecule has 0 atom stereocenters. The van der Waals surface area contributed by atoms with Gasteiger partial charge in [-0.3, -0.25) is 4.79 Å². The predicted octanol–water partition coefficient (Wildman–Crippen LogP) is 4.05. The van der Waals surface area contributed by atoms with Crippen LogP contribution in [0.4, 0.5) is 5.69 Å². The van der Waals surface area contributed by atoms with Crippen molar-refractivity contribution in [3.8, 4) is 5.19 Å². The molecular weight excluding hydrogens is 358 g/mol. The number of ether oxygens (including phenoxy) is 1. The van der Waals surface area contributed by atoms with E-state index >= 15 is 0 Å². The summed E-state index contributed by atoms with van der Waals surface area (Å²) in [6.45, 7) is 1.42. The molecule has 3 aromatic rings. The van der Waals surface area contributed by atoms with Crippen molar-refractivity contribution in [1.29, 1.82) is 0 Å². The third-order valence-electron chi connectivity index (χ3n) is 4.90. The Morgan fingerprint density at radius 3 is 2.48 bits per heavy atom. The van der Waals surface area contributed by atoms with Crippen LogP contribution < -0.4 is 9.64 Å². The van der Waals surface area contributed by atoms with Gasteiger partial charge in [0.1, 0.15) is 6.10 Å². The van der Waals surface area contributed by atoms with Gasteiger partial charge in [0, 0.05) is 51.3 Å². The SMILES string of the molecule is CN(C)c1ccc(C(=O)N2CCC(Oc3nc4ccccc4s3)CC2)cc1. The molecule has 0 bridgehead atoms. The topological polar surface area (TPSA) is 45.7 Å². The second-order valence-corrected chi connectivity index (χ2v) is 7.99. The van der Waals surface area contributed by atoms with Crippen LogP contribution in [0.15, 0.2) is 48.5 Å². The molecule has 140 valence electrons. The molecule has 6 heteroatoms. The van der Waals surface area contributed by atoms with Crippen LogP contribution in [0, 0.1) is 0 Å². The first-order chi connectivity index (χ1) is 13.1. The zero-order valence-corrected chi connectivity index (χ0v) is 16.4. The van der Waals surface area contributed by atoms with Crippen molar-refractivity contribution in [3.63, 3.8) is 0 Å². The molecule has 1 aliphatic heterocycles. The Morgan fingerprint density at radius 1 is 1.11 bits per heavy atom. The maximum Gasteiger partial charge on any atom is 0.274 e. The molecule has 2 heterocycles. The van der Waals surface area contributed by atoms with E-state index in [4.69, 9.17) is 4.74 Å². The fourth-order valence-electron chi connectivity index (χ4n) is 3.31. The van der Waals surface area contributed by atoms with Crippen molar-refractivity contribution >= 4 is 33.1 Å². The van der Waals surface area contributed by atoms with Crippen molar-refractivity contribution in [2.75, 3.05) is 32.1 Å². The lowest BCUT2D eigenvalue weighted by Crippen LogP contribution is -2.41. The van der Waals surface area contributed by atoms with Crippen LogP contribution in [0.2, 0.25) is 0 Å². The number of carbonyl (C=O) groups is 1. The van der Waals surface area contributed by atoms with E-state index < -0.39 is 0 Å². The minimum absolute atomic E-state index is 0.0961. The molecule has 4 rings (SSSR count). The monoisotopic (exact) mass is 381 g/mol. The van der Waals surface area contributed by atoms with E-state index in [0.717, 1.165) is 39.5 Å². The molecule has 27 heavy (non-hydrogen) atoms. The minimum atomic E-state index is 0.0961. The molecule has 1 fully saturated rings. The zero-order valence-electron chi connectivity index (χ0n) is 15.6. The molecule has 1 amide bonds. The summed E-state index contributed by atoms with van der Waals surface area (Å²) in [7, 11) is 3.99. The number of rotatable bonds is 4. The van der Waals surface area contributed by atoms with Crippen LogP contribution in [-0.4, -0.2) is 49.1 Å². The van der Waals surface area contributed by atoms with Gasteiger partial charge in [-0.15, -0.1) is 0 Å². The Bertz CT molecular complexity index is 895. The number of para-hydroxylation sites is 1. The fourth-order valence-corrected chi connectivity index (χ4v) is 4.19. The van der Waals surface area contributed by atoms with E-state index in [2.05, 4.69) is 11.1 Å². The van der Waals surface area contributed by atoms with Gasteiger partial charge in [-0.25, -0.2) is 4.98 Å². The smallest absolute Gasteiger partial charge is 0.274 e. The number of benzene rings is 2. The Labute approximate surface area is 163 Å². The summed E-state index contributed by atoms with van der Waals surface area (Å²) < 4.78 is 7.22. The van der Waals surface area contributed by atoms with Gasteiger partial charge >= 0.3 is 0 Å². The van der Waals surface area contributed by atoms with Crippen LogP contribution in [-0.2, 0) is 0 Å². The van der Waals surface area contributed by atoms with Gasteiger partial charge in [0.05, 0.1) is 10.2 Å². The third-order valence-corrected chi connectivity index (χ3v) is 5.83. The highest BCUT2D eigenvalue weighted by molar-refractivity contribution is 7.20. The Balaban J connectivity index is 1.34. The second-order valence-electron chi connectivity index (χ2n) is 7.00. The van der Waals surface area contributed by atoms with Gasteiger partial charge < -0.3 is 14.5 Å². The Morgan fingerprint density at radius 2 is 1.81 bits per heavy atom. The minimum Gasteiger partial charge on any atom is -0.467 e. The maximum atomic E-state index is 12.7. The van der Waals surface area contributed by atoms with E-state index in [1.165, 1.54) is 0 Å². The van der Waals surface area contributed by atoms with Gasteiger partial charge in [0.15, 0.2) is 0 Å². The van der Waals surface area contributed by atoms with Gasteiger partial charge in [-0.2, -0.15) is 0 Å². The summed E-state index contributed by atoms with van der Waals surface area (Å²) >= 11 is 1.58. The van der Waals surface area contributed by atoms with Gasteiger partial charge in [0.25, 0.3) is 11.1 Å². The van der Waals surface area contributed by atoms with Crippen LogP contribution in [0.5, 0.6) is 5.19 Å². The number of thiazole rings is 1. The van der Waals surface area contributed by atoms with Gasteiger partial charge in [0.2, 0.25) is 0 Å². The number of nitrogens with zero attached hydrogens (tertiary/aromatic N) is 3. The molecule has 0 saturated carbocycles. The first-order valence-corrected chi connectivity index (χ1v) is 10.0. The molecule has 1 aliphatic rings. The lowest BCUT2D eigenvalue weighted by Gasteiger charge is -2.31. The van der Waals surface area contributed by atoms with Crippen molar-refractivity contribution < 1.29 is 9.53 Å². The number of carbonyl (C=O) groups excluding carboxylic acids is 1. The first kappa shape index (κ1) is 17.8. The van der Waals surface area contributed by atoms with Crippen molar-refractivity contribution in [1.82, 2.24) is 9.88 Å². The second kappa shape index (κ2) is 7.56. The van der Waals surface area contributed by atoms with Gasteiger partial charge in [-0.1, -0.05) is 23.5 Å². The number of hydrogen-bond donors (Lipinski definition) is 0. The molecule has 1 saturated heterocycles. The Hall–Kier alpha value is -2.60. The van der Waals surface area contributed by atoms with E-state index in [1.54, 1.807) is 11.3 Å². The average Bonchev–Trinajstić information content (AvgIpc) is 3.10. The highest BCUT2D eigenvalue weighted by atomic mass is 32.1. The first-order valence-electron chi connectivity index (χ1n) is 9.19. The summed E-state index contributed by atoms with van der Waals surface area (Å²) in [6.07, 6.45) is 1.78. The summed E-state index contributed by atoms with van der Waals surface area (Å²) in [6, 6.07) is 15.8. The van der Waals surface area contributed by atoms with E-state index in [0.29, 0.717) is 13.1 Å². The van der Waals surface area contributed by atoms with E-state index in [9.17, 15) is 4.79 Å². The molecule has 0 spiro atoms. The zero-order chi connectivity index (χ0) is 18.8. The molecule has 1 aromatic heterocycles. The third kappa shape index (κ3) is 3.90. The summed E-state index contributed by atoms with van der Waals surface area (Å²) in [5, 5.41) is 0.722. The maximum absolute atomic E-state index is 12.7. The summed E-state index contributed by atoms with van der Waals surface area (Å²) in [4.78, 5) is 21.2. The van der Waals surface area contributed by atoms with E-state index in [1.807, 2.05) is 66.4 Å². The number of hydrogen-bond acceptors (Lipinski definition) is 5. The fraction of sp³-hybridized carbons (Fsp3) is 0.333. The number of fused-ring (bicyclic) bond motifs is 1. The number of likely N-dealkylation sites (tertiary alicyclic amines) is 1. The average molecular weight is 382 g/mol. The largest absolute Gasteiger partial charge is 0.467 e. The van der Waals surface area contributed by atoms with Crippen LogP contribution in [0.25, 0.3) is 10.2 Å².